The molecule has 3 aliphatic rings. The lowest BCUT2D eigenvalue weighted by molar-refractivity contribution is -0.140. The number of carbonyl (C=O) groups is 2. The Balaban J connectivity index is 1.60. The van der Waals surface area contributed by atoms with E-state index in [0.29, 0.717) is 5.76 Å². The molecule has 2 bridgehead atoms. The summed E-state index contributed by atoms with van der Waals surface area (Å²) in [6, 6.07) is 3.55. The topological polar surface area (TPSA) is 62.9 Å². The Kier molecular flexibility index (Phi) is 2.63. The molecule has 0 spiro atoms. The first-order valence-electron chi connectivity index (χ1n) is 6.50. The third-order valence-corrected chi connectivity index (χ3v) is 4.92. The number of allylic oxidation sites excluding steroid dienone is 2. The van der Waals surface area contributed by atoms with E-state index >= 15 is 0 Å². The van der Waals surface area contributed by atoms with Crippen LogP contribution in [0.25, 0.3) is 0 Å². The van der Waals surface area contributed by atoms with E-state index in [2.05, 4.69) is 17.3 Å². The first-order chi connectivity index (χ1) is 9.65. The fourth-order valence-electron chi connectivity index (χ4n) is 3.51. The summed E-state index contributed by atoms with van der Waals surface area (Å²) in [7, 11) is 0. The van der Waals surface area contributed by atoms with Crippen molar-refractivity contribution in [3.05, 3.63) is 33.8 Å². The highest BCUT2D eigenvalue weighted by Crippen LogP contribution is 2.52. The minimum atomic E-state index is -0.202. The number of carbonyl (C=O) groups excluding carboxylic acids is 2. The molecule has 2 aliphatic carbocycles. The van der Waals surface area contributed by atoms with E-state index in [1.807, 2.05) is 22.6 Å². The Morgan fingerprint density at radius 3 is 2.40 bits per heavy atom. The van der Waals surface area contributed by atoms with Gasteiger partial charge in [-0.05, 0) is 53.0 Å². The smallest absolute Gasteiger partial charge is 0.254 e. The van der Waals surface area contributed by atoms with Gasteiger partial charge in [0.2, 0.25) is 0 Å². The van der Waals surface area contributed by atoms with Crippen LogP contribution < -0.4 is 0 Å². The normalized spacial score (nSPS) is 34.8. The number of hydrazone groups is 1. The first-order valence-corrected chi connectivity index (χ1v) is 7.58. The number of hydrogen-bond donors (Lipinski definition) is 0. The quantitative estimate of drug-likeness (QED) is 0.340. The van der Waals surface area contributed by atoms with E-state index < -0.39 is 0 Å². The van der Waals surface area contributed by atoms with E-state index in [4.69, 9.17) is 4.42 Å². The number of furan rings is 1. The van der Waals surface area contributed by atoms with Crippen molar-refractivity contribution in [2.45, 2.75) is 6.42 Å². The molecule has 1 saturated heterocycles. The lowest BCUT2D eigenvalue weighted by Crippen LogP contribution is -2.28. The van der Waals surface area contributed by atoms with Crippen molar-refractivity contribution < 1.29 is 14.0 Å². The summed E-state index contributed by atoms with van der Waals surface area (Å²) < 4.78 is 6.08. The number of rotatable bonds is 2. The van der Waals surface area contributed by atoms with Crippen LogP contribution in [0.5, 0.6) is 0 Å². The van der Waals surface area contributed by atoms with Gasteiger partial charge in [0.05, 0.1) is 18.1 Å². The maximum absolute atomic E-state index is 12.3. The van der Waals surface area contributed by atoms with Crippen LogP contribution >= 0.6 is 22.6 Å². The predicted octanol–water partition coefficient (Wildman–Crippen LogP) is 2.03. The number of hydrogen-bond acceptors (Lipinski definition) is 4. The van der Waals surface area contributed by atoms with E-state index in [0.717, 1.165) is 15.2 Å². The minimum absolute atomic E-state index is 0.172. The third kappa shape index (κ3) is 1.63. The van der Waals surface area contributed by atoms with E-state index in [1.165, 1.54) is 6.21 Å². The van der Waals surface area contributed by atoms with Crippen molar-refractivity contribution in [3.63, 3.8) is 0 Å². The van der Waals surface area contributed by atoms with Crippen molar-refractivity contribution >= 4 is 40.6 Å². The Morgan fingerprint density at radius 1 is 1.20 bits per heavy atom. The fourth-order valence-corrected chi connectivity index (χ4v) is 3.95. The van der Waals surface area contributed by atoms with Gasteiger partial charge in [0, 0.05) is 0 Å². The molecular weight excluding hydrogens is 371 g/mol. The van der Waals surface area contributed by atoms with Crippen molar-refractivity contribution in [2.75, 3.05) is 0 Å². The van der Waals surface area contributed by atoms with Crippen LogP contribution in [-0.2, 0) is 9.59 Å². The summed E-state index contributed by atoms with van der Waals surface area (Å²) in [5.41, 5.74) is 0. The number of fused-ring (bicyclic) bond motifs is 5. The molecule has 1 aliphatic heterocycles. The summed E-state index contributed by atoms with van der Waals surface area (Å²) in [6.07, 6.45) is 6.49. The number of nitrogens with zero attached hydrogens (tertiary/aromatic N) is 2. The van der Waals surface area contributed by atoms with Crippen LogP contribution in [-0.4, -0.2) is 23.0 Å². The lowest BCUT2D eigenvalue weighted by Gasteiger charge is -2.13. The molecule has 1 saturated carbocycles. The minimum Gasteiger partial charge on any atom is -0.449 e. The van der Waals surface area contributed by atoms with Crippen molar-refractivity contribution in [1.82, 2.24) is 5.01 Å². The molecule has 4 rings (SSSR count). The van der Waals surface area contributed by atoms with Crippen LogP contribution in [0, 0.1) is 27.4 Å². The molecule has 1 aromatic heterocycles. The van der Waals surface area contributed by atoms with Gasteiger partial charge in [-0.1, -0.05) is 12.2 Å². The monoisotopic (exact) mass is 382 g/mol. The summed E-state index contributed by atoms with van der Waals surface area (Å²) in [6.45, 7) is 0. The second-order valence-electron chi connectivity index (χ2n) is 5.37. The maximum Gasteiger partial charge on any atom is 0.254 e. The third-order valence-electron chi connectivity index (χ3n) is 4.34. The lowest BCUT2D eigenvalue weighted by atomic mass is 9.85. The van der Waals surface area contributed by atoms with Crippen molar-refractivity contribution in [1.29, 1.82) is 0 Å². The van der Waals surface area contributed by atoms with Gasteiger partial charge in [-0.2, -0.15) is 10.1 Å². The zero-order valence-electron chi connectivity index (χ0n) is 10.4. The van der Waals surface area contributed by atoms with E-state index in [9.17, 15) is 9.59 Å². The summed E-state index contributed by atoms with van der Waals surface area (Å²) in [5, 5.41) is 5.06. The second-order valence-corrected chi connectivity index (χ2v) is 6.44. The number of imide groups is 1. The zero-order chi connectivity index (χ0) is 13.9. The van der Waals surface area contributed by atoms with Crippen molar-refractivity contribution in [3.8, 4) is 0 Å². The van der Waals surface area contributed by atoms with Gasteiger partial charge >= 0.3 is 0 Å². The van der Waals surface area contributed by atoms with Crippen molar-refractivity contribution in [2.24, 2.45) is 28.8 Å². The van der Waals surface area contributed by atoms with Gasteiger partial charge in [-0.15, -0.1) is 0 Å². The first kappa shape index (κ1) is 12.3. The Hall–Kier alpha value is -1.44. The molecule has 0 radical (unpaired) electrons. The molecule has 5 nitrogen and oxygen atoms in total. The average Bonchev–Trinajstić information content (AvgIpc) is 3.15. The zero-order valence-corrected chi connectivity index (χ0v) is 12.6. The molecule has 4 atom stereocenters. The number of halogens is 1. The van der Waals surface area contributed by atoms with Crippen LogP contribution in [0.1, 0.15) is 12.2 Å². The van der Waals surface area contributed by atoms with Crippen LogP contribution in [0.3, 0.4) is 0 Å². The van der Waals surface area contributed by atoms with Gasteiger partial charge in [-0.3, -0.25) is 9.59 Å². The molecule has 20 heavy (non-hydrogen) atoms. The molecule has 2 heterocycles. The SMILES string of the molecule is O=C1[C@@H]2[C@@H](C(=O)N1/N=C\c1ccc(I)o1)[C@H]1C=C[C@H]2C1. The molecular formula is C14H11IN2O3. The molecule has 102 valence electrons. The fraction of sp³-hybridized carbons (Fsp3) is 0.357. The Bertz CT molecular complexity index is 633. The Morgan fingerprint density at radius 2 is 1.85 bits per heavy atom. The average molecular weight is 382 g/mol. The highest BCUT2D eigenvalue weighted by atomic mass is 127. The molecule has 0 unspecified atom stereocenters. The van der Waals surface area contributed by atoms with E-state index in [-0.39, 0.29) is 35.5 Å². The Labute approximate surface area is 128 Å². The largest absolute Gasteiger partial charge is 0.449 e. The standard InChI is InChI=1S/C14H11IN2O3/c15-10-4-3-9(20-10)6-16-17-13(18)11-7-1-2-8(5-7)12(11)14(17)19/h1-4,6-8,11-12H,5H2/b16-6-/t7-,8-,11-,12-/m0/s1. The molecule has 2 fully saturated rings. The van der Waals surface area contributed by atoms with Gasteiger partial charge in [0.15, 0.2) is 3.77 Å². The van der Waals surface area contributed by atoms with Gasteiger partial charge < -0.3 is 4.42 Å². The summed E-state index contributed by atoms with van der Waals surface area (Å²) in [5.74, 6) is 0.215. The predicted molar refractivity (Wildman–Crippen MR) is 78.6 cm³/mol. The van der Waals surface area contributed by atoms with Gasteiger partial charge in [0.25, 0.3) is 11.8 Å². The molecule has 2 amide bonds. The highest BCUT2D eigenvalue weighted by molar-refractivity contribution is 14.1. The summed E-state index contributed by atoms with van der Waals surface area (Å²) >= 11 is 2.05. The van der Waals surface area contributed by atoms with Gasteiger partial charge in [0.1, 0.15) is 5.76 Å². The van der Waals surface area contributed by atoms with Crippen LogP contribution in [0.15, 0.2) is 33.8 Å². The van der Waals surface area contributed by atoms with E-state index in [1.54, 1.807) is 12.1 Å². The molecule has 0 N–H and O–H groups in total. The van der Waals surface area contributed by atoms with Crippen LogP contribution in [0.4, 0.5) is 0 Å². The summed E-state index contributed by atoms with van der Waals surface area (Å²) in [4.78, 5) is 24.7. The second kappa shape index (κ2) is 4.28. The molecule has 0 aromatic carbocycles. The highest BCUT2D eigenvalue weighted by Gasteiger charge is 2.59. The number of amides is 2. The molecule has 1 aromatic rings. The van der Waals surface area contributed by atoms with Crippen LogP contribution in [0.2, 0.25) is 0 Å². The van der Waals surface area contributed by atoms with Gasteiger partial charge in [-0.25, -0.2) is 0 Å². The molecule has 6 heteroatoms. The maximum atomic E-state index is 12.3.